The highest BCUT2D eigenvalue weighted by Gasteiger charge is 2.22. The summed E-state index contributed by atoms with van der Waals surface area (Å²) in [5.74, 6) is 0.0135. The molecule has 0 aromatic carbocycles. The third kappa shape index (κ3) is 3.64. The van der Waals surface area contributed by atoms with Gasteiger partial charge in [-0.05, 0) is 20.3 Å². The molecule has 0 aliphatic rings. The number of carbonyl (C=O) groups excluding carboxylic acids is 1. The van der Waals surface area contributed by atoms with E-state index in [4.69, 9.17) is 10.5 Å². The van der Waals surface area contributed by atoms with Gasteiger partial charge in [-0.1, -0.05) is 6.92 Å². The van der Waals surface area contributed by atoms with E-state index in [-0.39, 0.29) is 18.0 Å². The zero-order valence-electron chi connectivity index (χ0n) is 9.62. The standard InChI is InChI=1S/C10H22N2O2/c1-5-9(11)10(13)12(6-2)8(3)7-14-4/h8-9H,5-7,11H2,1-4H3/t8?,9-/m0/s1. The third-order valence-corrected chi connectivity index (χ3v) is 2.32. The molecule has 4 nitrogen and oxygen atoms in total. The third-order valence-electron chi connectivity index (χ3n) is 2.32. The van der Waals surface area contributed by atoms with Crippen LogP contribution in [0.3, 0.4) is 0 Å². The monoisotopic (exact) mass is 202 g/mol. The van der Waals surface area contributed by atoms with Crippen molar-refractivity contribution < 1.29 is 9.53 Å². The predicted octanol–water partition coefficient (Wildman–Crippen LogP) is 0.607. The minimum absolute atomic E-state index is 0.0135. The lowest BCUT2D eigenvalue weighted by Crippen LogP contribution is -2.48. The van der Waals surface area contributed by atoms with Crippen molar-refractivity contribution in [2.24, 2.45) is 5.73 Å². The average Bonchev–Trinajstić information content (AvgIpc) is 2.18. The van der Waals surface area contributed by atoms with Gasteiger partial charge in [0, 0.05) is 13.7 Å². The van der Waals surface area contributed by atoms with Crippen LogP contribution in [-0.4, -0.2) is 43.2 Å². The number of methoxy groups -OCH3 is 1. The molecule has 0 saturated carbocycles. The Bertz CT molecular complexity index is 174. The van der Waals surface area contributed by atoms with E-state index in [1.807, 2.05) is 20.8 Å². The molecule has 0 heterocycles. The molecule has 0 aromatic heterocycles. The number of nitrogens with two attached hydrogens (primary N) is 1. The molecule has 14 heavy (non-hydrogen) atoms. The van der Waals surface area contributed by atoms with E-state index >= 15 is 0 Å². The van der Waals surface area contributed by atoms with Gasteiger partial charge in [-0.3, -0.25) is 4.79 Å². The van der Waals surface area contributed by atoms with Crippen LogP contribution in [0.15, 0.2) is 0 Å². The molecule has 1 unspecified atom stereocenters. The molecular weight excluding hydrogens is 180 g/mol. The van der Waals surface area contributed by atoms with Crippen LogP contribution in [0.2, 0.25) is 0 Å². The molecular formula is C10H22N2O2. The number of likely N-dealkylation sites (N-methyl/N-ethyl adjacent to an activating group) is 1. The van der Waals surface area contributed by atoms with Gasteiger partial charge >= 0.3 is 0 Å². The summed E-state index contributed by atoms with van der Waals surface area (Å²) in [5.41, 5.74) is 5.69. The predicted molar refractivity (Wildman–Crippen MR) is 57.0 cm³/mol. The first-order chi connectivity index (χ1) is 6.58. The van der Waals surface area contributed by atoms with Gasteiger partial charge in [0.1, 0.15) is 0 Å². The second-order valence-corrected chi connectivity index (χ2v) is 3.44. The summed E-state index contributed by atoms with van der Waals surface area (Å²) < 4.78 is 5.02. The fraction of sp³-hybridized carbons (Fsp3) is 0.900. The summed E-state index contributed by atoms with van der Waals surface area (Å²) in [6.45, 7) is 7.06. The number of hydrogen-bond acceptors (Lipinski definition) is 3. The average molecular weight is 202 g/mol. The molecule has 0 radical (unpaired) electrons. The summed E-state index contributed by atoms with van der Waals surface area (Å²) in [6, 6.07) is -0.288. The van der Waals surface area contributed by atoms with Gasteiger partial charge in [-0.15, -0.1) is 0 Å². The van der Waals surface area contributed by atoms with Crippen LogP contribution in [0.1, 0.15) is 27.2 Å². The maximum atomic E-state index is 11.8. The molecule has 2 atom stereocenters. The van der Waals surface area contributed by atoms with Crippen molar-refractivity contribution in [1.29, 1.82) is 0 Å². The second kappa shape index (κ2) is 6.79. The van der Waals surface area contributed by atoms with Crippen molar-refractivity contribution in [1.82, 2.24) is 4.90 Å². The molecule has 0 fully saturated rings. The van der Waals surface area contributed by atoms with Crippen molar-refractivity contribution >= 4 is 5.91 Å². The number of ether oxygens (including phenoxy) is 1. The van der Waals surface area contributed by atoms with Crippen molar-refractivity contribution in [3.05, 3.63) is 0 Å². The Morgan fingerprint density at radius 2 is 2.07 bits per heavy atom. The number of nitrogens with zero attached hydrogens (tertiary/aromatic N) is 1. The number of amides is 1. The molecule has 0 aromatic rings. The quantitative estimate of drug-likeness (QED) is 0.686. The molecule has 0 spiro atoms. The highest BCUT2D eigenvalue weighted by Crippen LogP contribution is 2.03. The zero-order chi connectivity index (χ0) is 11.1. The molecule has 0 aliphatic carbocycles. The summed E-state index contributed by atoms with van der Waals surface area (Å²) in [7, 11) is 1.63. The van der Waals surface area contributed by atoms with Crippen LogP contribution in [-0.2, 0) is 9.53 Å². The van der Waals surface area contributed by atoms with Crippen molar-refractivity contribution in [3.8, 4) is 0 Å². The maximum absolute atomic E-state index is 11.8. The summed E-state index contributed by atoms with van der Waals surface area (Å²) >= 11 is 0. The second-order valence-electron chi connectivity index (χ2n) is 3.44. The van der Waals surface area contributed by atoms with Crippen LogP contribution >= 0.6 is 0 Å². The van der Waals surface area contributed by atoms with Crippen molar-refractivity contribution in [2.45, 2.75) is 39.3 Å². The minimum Gasteiger partial charge on any atom is -0.383 e. The number of rotatable bonds is 6. The van der Waals surface area contributed by atoms with E-state index in [0.29, 0.717) is 19.6 Å². The van der Waals surface area contributed by atoms with Crippen LogP contribution in [0.25, 0.3) is 0 Å². The first kappa shape index (κ1) is 13.4. The Balaban J connectivity index is 4.31. The lowest BCUT2D eigenvalue weighted by Gasteiger charge is -2.29. The van der Waals surface area contributed by atoms with E-state index in [9.17, 15) is 4.79 Å². The largest absolute Gasteiger partial charge is 0.383 e. The lowest BCUT2D eigenvalue weighted by molar-refractivity contribution is -0.135. The Kier molecular flexibility index (Phi) is 6.49. The van der Waals surface area contributed by atoms with Gasteiger partial charge in [-0.2, -0.15) is 0 Å². The van der Waals surface area contributed by atoms with E-state index in [1.54, 1.807) is 12.0 Å². The van der Waals surface area contributed by atoms with Crippen molar-refractivity contribution in [2.75, 3.05) is 20.3 Å². The highest BCUT2D eigenvalue weighted by molar-refractivity contribution is 5.81. The zero-order valence-corrected chi connectivity index (χ0v) is 9.62. The van der Waals surface area contributed by atoms with Crippen molar-refractivity contribution in [3.63, 3.8) is 0 Å². The summed E-state index contributed by atoms with van der Waals surface area (Å²) in [6.07, 6.45) is 0.676. The molecule has 0 rings (SSSR count). The van der Waals surface area contributed by atoms with Crippen LogP contribution < -0.4 is 5.73 Å². The minimum atomic E-state index is -0.380. The van der Waals surface area contributed by atoms with E-state index in [2.05, 4.69) is 0 Å². The normalized spacial score (nSPS) is 14.9. The highest BCUT2D eigenvalue weighted by atomic mass is 16.5. The molecule has 84 valence electrons. The molecule has 0 aliphatic heterocycles. The fourth-order valence-corrected chi connectivity index (χ4v) is 1.40. The van der Waals surface area contributed by atoms with Gasteiger partial charge in [-0.25, -0.2) is 0 Å². The fourth-order valence-electron chi connectivity index (χ4n) is 1.40. The van der Waals surface area contributed by atoms with Gasteiger partial charge in [0.2, 0.25) is 5.91 Å². The SMILES string of the molecule is CC[C@H](N)C(=O)N(CC)C(C)COC. The van der Waals surface area contributed by atoms with Crippen LogP contribution in [0.5, 0.6) is 0 Å². The van der Waals surface area contributed by atoms with Crippen LogP contribution in [0.4, 0.5) is 0 Å². The Hall–Kier alpha value is -0.610. The Morgan fingerprint density at radius 3 is 2.43 bits per heavy atom. The number of carbonyl (C=O) groups is 1. The van der Waals surface area contributed by atoms with Gasteiger partial charge < -0.3 is 15.4 Å². The van der Waals surface area contributed by atoms with E-state index in [0.717, 1.165) is 0 Å². The molecule has 0 saturated heterocycles. The van der Waals surface area contributed by atoms with Gasteiger partial charge in [0.15, 0.2) is 0 Å². The molecule has 4 heteroatoms. The van der Waals surface area contributed by atoms with Crippen LogP contribution in [0, 0.1) is 0 Å². The van der Waals surface area contributed by atoms with Gasteiger partial charge in [0.25, 0.3) is 0 Å². The Morgan fingerprint density at radius 1 is 1.50 bits per heavy atom. The molecule has 1 amide bonds. The number of hydrogen-bond donors (Lipinski definition) is 1. The summed E-state index contributed by atoms with van der Waals surface area (Å²) in [5, 5.41) is 0. The van der Waals surface area contributed by atoms with E-state index < -0.39 is 0 Å². The first-order valence-electron chi connectivity index (χ1n) is 5.13. The maximum Gasteiger partial charge on any atom is 0.239 e. The van der Waals surface area contributed by atoms with E-state index in [1.165, 1.54) is 0 Å². The first-order valence-corrected chi connectivity index (χ1v) is 5.13. The van der Waals surface area contributed by atoms with Gasteiger partial charge in [0.05, 0.1) is 18.7 Å². The molecule has 2 N–H and O–H groups in total. The lowest BCUT2D eigenvalue weighted by atomic mass is 10.2. The smallest absolute Gasteiger partial charge is 0.239 e. The molecule has 0 bridgehead atoms. The topological polar surface area (TPSA) is 55.6 Å². The summed E-state index contributed by atoms with van der Waals surface area (Å²) in [4.78, 5) is 13.5. The Labute approximate surface area is 86.4 Å².